The molecule has 1 aliphatic heterocycles. The number of para-hydroxylation sites is 2. The van der Waals surface area contributed by atoms with E-state index in [1.165, 1.54) is 12.0 Å². The Balaban J connectivity index is 1.89. The second kappa shape index (κ2) is 7.76. The molecule has 1 amide bonds. The van der Waals surface area contributed by atoms with E-state index in [4.69, 9.17) is 4.74 Å². The van der Waals surface area contributed by atoms with Crippen molar-refractivity contribution in [1.29, 1.82) is 5.26 Å². The van der Waals surface area contributed by atoms with Crippen LogP contribution in [0.1, 0.15) is 24.1 Å². The van der Waals surface area contributed by atoms with Crippen molar-refractivity contribution < 1.29 is 22.7 Å². The summed E-state index contributed by atoms with van der Waals surface area (Å²) in [5.41, 5.74) is -0.604. The molecule has 1 saturated heterocycles. The number of piperidine rings is 1. The van der Waals surface area contributed by atoms with Gasteiger partial charge in [0.2, 0.25) is 5.91 Å². The number of alkyl halides is 3. The Morgan fingerprint density at radius 3 is 2.71 bits per heavy atom. The molecule has 1 aliphatic rings. The van der Waals surface area contributed by atoms with E-state index in [0.29, 0.717) is 30.8 Å². The molecule has 1 fully saturated rings. The van der Waals surface area contributed by atoms with Gasteiger partial charge in [-0.3, -0.25) is 4.79 Å². The van der Waals surface area contributed by atoms with Gasteiger partial charge in [0.15, 0.2) is 0 Å². The number of ether oxygens (including phenoxy) is 1. The standard InChI is InChI=1S/C19H17F3N4O2/c1-28-15-7-3-2-6-14(15)26-10-4-5-13(18(26)27)24-17-12(11-23)8-9-16(25-17)19(20,21)22/h2-3,6-9,13H,4-5,10H2,1H3,(H,24,25). The van der Waals surface area contributed by atoms with E-state index in [0.717, 1.165) is 12.1 Å². The lowest BCUT2D eigenvalue weighted by Crippen LogP contribution is -2.48. The van der Waals surface area contributed by atoms with Gasteiger partial charge in [0.25, 0.3) is 0 Å². The number of hydrogen-bond donors (Lipinski definition) is 1. The lowest BCUT2D eigenvalue weighted by molar-refractivity contribution is -0.141. The van der Waals surface area contributed by atoms with Gasteiger partial charge in [0.1, 0.15) is 29.4 Å². The Labute approximate surface area is 159 Å². The van der Waals surface area contributed by atoms with Gasteiger partial charge in [-0.1, -0.05) is 12.1 Å². The molecule has 1 aromatic heterocycles. The molecule has 3 rings (SSSR count). The maximum absolute atomic E-state index is 13.0. The number of carbonyl (C=O) groups excluding carboxylic acids is 1. The van der Waals surface area contributed by atoms with Crippen LogP contribution in [-0.4, -0.2) is 30.6 Å². The predicted octanol–water partition coefficient (Wildman–Crippen LogP) is 3.59. The summed E-state index contributed by atoms with van der Waals surface area (Å²) in [6.45, 7) is 0.457. The van der Waals surface area contributed by atoms with E-state index in [-0.39, 0.29) is 17.3 Å². The third-order valence-corrected chi connectivity index (χ3v) is 4.43. The number of aromatic nitrogens is 1. The maximum atomic E-state index is 13.0. The van der Waals surface area contributed by atoms with Crippen molar-refractivity contribution in [3.05, 3.63) is 47.7 Å². The van der Waals surface area contributed by atoms with Gasteiger partial charge in [0, 0.05) is 6.54 Å². The highest BCUT2D eigenvalue weighted by molar-refractivity contribution is 6.00. The summed E-state index contributed by atoms with van der Waals surface area (Å²) in [6.07, 6.45) is -3.61. The van der Waals surface area contributed by atoms with E-state index in [1.807, 2.05) is 0 Å². The number of hydrogen-bond acceptors (Lipinski definition) is 5. The van der Waals surface area contributed by atoms with Gasteiger partial charge in [-0.25, -0.2) is 4.98 Å². The molecule has 6 nitrogen and oxygen atoms in total. The molecule has 1 aromatic carbocycles. The molecule has 1 atom stereocenters. The van der Waals surface area contributed by atoms with Crippen molar-refractivity contribution in [1.82, 2.24) is 4.98 Å². The first-order chi connectivity index (χ1) is 13.3. The quantitative estimate of drug-likeness (QED) is 0.863. The summed E-state index contributed by atoms with van der Waals surface area (Å²) in [7, 11) is 1.49. The Kier molecular flexibility index (Phi) is 5.40. The normalized spacial score (nSPS) is 17.2. The number of rotatable bonds is 4. The molecular weight excluding hydrogens is 373 g/mol. The molecule has 0 radical (unpaired) electrons. The fourth-order valence-corrected chi connectivity index (χ4v) is 3.08. The van der Waals surface area contributed by atoms with Gasteiger partial charge >= 0.3 is 6.18 Å². The highest BCUT2D eigenvalue weighted by Gasteiger charge is 2.35. The molecule has 28 heavy (non-hydrogen) atoms. The topological polar surface area (TPSA) is 78.2 Å². The summed E-state index contributed by atoms with van der Waals surface area (Å²) >= 11 is 0. The van der Waals surface area contributed by atoms with Gasteiger partial charge in [0.05, 0.1) is 18.4 Å². The lowest BCUT2D eigenvalue weighted by Gasteiger charge is -2.33. The number of benzene rings is 1. The Bertz CT molecular complexity index is 924. The largest absolute Gasteiger partial charge is 0.495 e. The van der Waals surface area contributed by atoms with Crippen LogP contribution in [-0.2, 0) is 11.0 Å². The van der Waals surface area contributed by atoms with E-state index in [2.05, 4.69) is 10.3 Å². The van der Waals surface area contributed by atoms with Gasteiger partial charge in [-0.05, 0) is 37.1 Å². The van der Waals surface area contributed by atoms with Crippen molar-refractivity contribution in [3.63, 3.8) is 0 Å². The molecule has 2 aromatic rings. The van der Waals surface area contributed by atoms with Crippen molar-refractivity contribution in [2.75, 3.05) is 23.9 Å². The average molecular weight is 390 g/mol. The molecule has 0 spiro atoms. The van der Waals surface area contributed by atoms with Crippen LogP contribution in [0, 0.1) is 11.3 Å². The first-order valence-corrected chi connectivity index (χ1v) is 8.54. The van der Waals surface area contributed by atoms with Crippen molar-refractivity contribution in [2.45, 2.75) is 25.1 Å². The fourth-order valence-electron chi connectivity index (χ4n) is 3.08. The number of halogens is 3. The Morgan fingerprint density at radius 1 is 1.29 bits per heavy atom. The number of nitrogens with zero attached hydrogens (tertiary/aromatic N) is 3. The third kappa shape index (κ3) is 3.86. The van der Waals surface area contributed by atoms with Crippen LogP contribution in [0.5, 0.6) is 5.75 Å². The fraction of sp³-hybridized carbons (Fsp3) is 0.316. The lowest BCUT2D eigenvalue weighted by atomic mass is 10.0. The van der Waals surface area contributed by atoms with Gasteiger partial charge in [-0.2, -0.15) is 18.4 Å². The van der Waals surface area contributed by atoms with E-state index in [9.17, 15) is 23.2 Å². The second-order valence-electron chi connectivity index (χ2n) is 6.20. The minimum atomic E-state index is -4.65. The maximum Gasteiger partial charge on any atom is 0.433 e. The van der Waals surface area contributed by atoms with Gasteiger partial charge < -0.3 is 15.0 Å². The summed E-state index contributed by atoms with van der Waals surface area (Å²) < 4.78 is 44.2. The third-order valence-electron chi connectivity index (χ3n) is 4.43. The van der Waals surface area contributed by atoms with Crippen LogP contribution in [0.3, 0.4) is 0 Å². The number of nitriles is 1. The SMILES string of the molecule is COc1ccccc1N1CCCC(Nc2nc(C(F)(F)F)ccc2C#N)C1=O. The van der Waals surface area contributed by atoms with Crippen molar-refractivity contribution in [2.24, 2.45) is 0 Å². The Morgan fingerprint density at radius 2 is 2.04 bits per heavy atom. The van der Waals surface area contributed by atoms with E-state index < -0.39 is 17.9 Å². The highest BCUT2D eigenvalue weighted by atomic mass is 19.4. The van der Waals surface area contributed by atoms with Crippen LogP contribution < -0.4 is 15.0 Å². The van der Waals surface area contributed by atoms with Crippen LogP contribution in [0.15, 0.2) is 36.4 Å². The number of anilines is 2. The molecule has 1 unspecified atom stereocenters. The summed E-state index contributed by atoms with van der Waals surface area (Å²) in [5, 5.41) is 11.9. The monoisotopic (exact) mass is 390 g/mol. The van der Waals surface area contributed by atoms with Crippen molar-refractivity contribution >= 4 is 17.4 Å². The minimum Gasteiger partial charge on any atom is -0.495 e. The number of methoxy groups -OCH3 is 1. The van der Waals surface area contributed by atoms with Crippen LogP contribution >= 0.6 is 0 Å². The molecule has 146 valence electrons. The molecular formula is C19H17F3N4O2. The number of pyridine rings is 1. The summed E-state index contributed by atoms with van der Waals surface area (Å²) in [6, 6.07) is 9.79. The van der Waals surface area contributed by atoms with Crippen LogP contribution in [0.2, 0.25) is 0 Å². The zero-order valence-corrected chi connectivity index (χ0v) is 15.0. The Hall–Kier alpha value is -3.28. The number of carbonyl (C=O) groups is 1. The highest BCUT2D eigenvalue weighted by Crippen LogP contribution is 2.32. The second-order valence-corrected chi connectivity index (χ2v) is 6.20. The average Bonchev–Trinajstić information content (AvgIpc) is 2.69. The molecule has 1 N–H and O–H groups in total. The molecule has 0 bridgehead atoms. The molecule has 2 heterocycles. The minimum absolute atomic E-state index is 0.0600. The van der Waals surface area contributed by atoms with E-state index in [1.54, 1.807) is 30.3 Å². The summed E-state index contributed by atoms with van der Waals surface area (Å²) in [5.74, 6) is -0.0530. The first kappa shape index (κ1) is 19.5. The van der Waals surface area contributed by atoms with Crippen molar-refractivity contribution in [3.8, 4) is 11.8 Å². The molecule has 9 heteroatoms. The number of amides is 1. The molecule has 0 aliphatic carbocycles. The summed E-state index contributed by atoms with van der Waals surface area (Å²) in [4.78, 5) is 18.0. The zero-order valence-electron chi connectivity index (χ0n) is 15.0. The smallest absolute Gasteiger partial charge is 0.433 e. The number of nitrogens with one attached hydrogen (secondary N) is 1. The zero-order chi connectivity index (χ0) is 20.3. The van der Waals surface area contributed by atoms with Crippen LogP contribution in [0.25, 0.3) is 0 Å². The van der Waals surface area contributed by atoms with Crippen LogP contribution in [0.4, 0.5) is 24.7 Å². The predicted molar refractivity (Wildman–Crippen MR) is 95.9 cm³/mol. The van der Waals surface area contributed by atoms with Gasteiger partial charge in [-0.15, -0.1) is 0 Å². The molecule has 0 saturated carbocycles. The first-order valence-electron chi connectivity index (χ1n) is 8.54. The van der Waals surface area contributed by atoms with E-state index >= 15 is 0 Å².